The molecule has 1 N–H and O–H groups in total. The standard InChI is InChI=1S/C12H20O2/c1-7-4-8-10(14)6-12(2,3)11(8)9(13)5-7/h7-9,11,13H,4-6H2,1-3H3/t7-,8-,9+,11-/m0/s1. The molecule has 0 aliphatic heterocycles. The Morgan fingerprint density at radius 1 is 1.36 bits per heavy atom. The largest absolute Gasteiger partial charge is 0.393 e. The van der Waals surface area contributed by atoms with Crippen molar-refractivity contribution in [3.05, 3.63) is 0 Å². The first-order valence-corrected chi connectivity index (χ1v) is 5.62. The van der Waals surface area contributed by atoms with Gasteiger partial charge in [0.05, 0.1) is 6.10 Å². The lowest BCUT2D eigenvalue weighted by Crippen LogP contribution is -2.40. The number of Topliss-reactive ketones (excluding diaryl/α,β-unsaturated/α-hetero) is 1. The molecule has 0 aromatic rings. The minimum atomic E-state index is -0.259. The summed E-state index contributed by atoms with van der Waals surface area (Å²) in [6.07, 6.45) is 2.26. The summed E-state index contributed by atoms with van der Waals surface area (Å²) < 4.78 is 0. The van der Waals surface area contributed by atoms with Crippen molar-refractivity contribution in [3.8, 4) is 0 Å². The van der Waals surface area contributed by atoms with Crippen molar-refractivity contribution < 1.29 is 9.90 Å². The van der Waals surface area contributed by atoms with Gasteiger partial charge in [-0.2, -0.15) is 0 Å². The Bertz CT molecular complexity index is 257. The summed E-state index contributed by atoms with van der Waals surface area (Å²) >= 11 is 0. The number of carbonyl (C=O) groups is 1. The van der Waals surface area contributed by atoms with Crippen LogP contribution in [0, 0.1) is 23.2 Å². The third-order valence-electron chi connectivity index (χ3n) is 4.09. The van der Waals surface area contributed by atoms with Crippen molar-refractivity contribution in [2.45, 2.75) is 46.1 Å². The van der Waals surface area contributed by atoms with Gasteiger partial charge >= 0.3 is 0 Å². The van der Waals surface area contributed by atoms with E-state index >= 15 is 0 Å². The van der Waals surface area contributed by atoms with Crippen molar-refractivity contribution in [1.82, 2.24) is 0 Å². The number of aliphatic hydroxyl groups is 1. The molecule has 2 fully saturated rings. The summed E-state index contributed by atoms with van der Waals surface area (Å²) in [7, 11) is 0. The third kappa shape index (κ3) is 1.40. The van der Waals surface area contributed by atoms with Crippen LogP contribution < -0.4 is 0 Å². The zero-order chi connectivity index (χ0) is 10.5. The lowest BCUT2D eigenvalue weighted by molar-refractivity contribution is -0.124. The Morgan fingerprint density at radius 3 is 2.64 bits per heavy atom. The average Bonchev–Trinajstić information content (AvgIpc) is 2.21. The van der Waals surface area contributed by atoms with Crippen LogP contribution in [0.2, 0.25) is 0 Å². The number of ketones is 1. The summed E-state index contributed by atoms with van der Waals surface area (Å²) in [6, 6.07) is 0. The molecule has 2 aliphatic rings. The fraction of sp³-hybridized carbons (Fsp3) is 0.917. The first-order valence-electron chi connectivity index (χ1n) is 5.62. The number of rotatable bonds is 0. The highest BCUT2D eigenvalue weighted by Gasteiger charge is 2.52. The van der Waals surface area contributed by atoms with Crippen molar-refractivity contribution in [2.24, 2.45) is 23.2 Å². The molecular weight excluding hydrogens is 176 g/mol. The van der Waals surface area contributed by atoms with Crippen molar-refractivity contribution in [1.29, 1.82) is 0 Å². The molecule has 0 amide bonds. The average molecular weight is 196 g/mol. The minimum Gasteiger partial charge on any atom is -0.393 e. The molecule has 0 spiro atoms. The van der Waals surface area contributed by atoms with Crippen molar-refractivity contribution in [2.75, 3.05) is 0 Å². The molecule has 2 heteroatoms. The highest BCUT2D eigenvalue weighted by molar-refractivity contribution is 5.84. The molecular formula is C12H20O2. The Hall–Kier alpha value is -0.370. The lowest BCUT2D eigenvalue weighted by Gasteiger charge is -2.39. The van der Waals surface area contributed by atoms with Gasteiger partial charge in [-0.25, -0.2) is 0 Å². The number of aliphatic hydroxyl groups excluding tert-OH is 1. The van der Waals surface area contributed by atoms with Gasteiger partial charge in [0.25, 0.3) is 0 Å². The molecule has 0 heterocycles. The highest BCUT2D eigenvalue weighted by atomic mass is 16.3. The molecule has 0 aromatic heterocycles. The summed E-state index contributed by atoms with van der Waals surface area (Å²) in [6.45, 7) is 6.38. The third-order valence-corrected chi connectivity index (χ3v) is 4.09. The van der Waals surface area contributed by atoms with Gasteiger partial charge in [0.15, 0.2) is 0 Å². The quantitative estimate of drug-likeness (QED) is 0.643. The van der Waals surface area contributed by atoms with Gasteiger partial charge in [0, 0.05) is 18.3 Å². The van der Waals surface area contributed by atoms with E-state index in [-0.39, 0.29) is 23.4 Å². The number of carbonyl (C=O) groups excluding carboxylic acids is 1. The lowest BCUT2D eigenvalue weighted by atomic mass is 9.67. The smallest absolute Gasteiger partial charge is 0.136 e. The van der Waals surface area contributed by atoms with Crippen LogP contribution in [0.25, 0.3) is 0 Å². The first kappa shape index (κ1) is 10.2. The molecule has 2 nitrogen and oxygen atoms in total. The molecule has 80 valence electrons. The summed E-state index contributed by atoms with van der Waals surface area (Å²) in [4.78, 5) is 11.8. The van der Waals surface area contributed by atoms with Gasteiger partial charge in [-0.1, -0.05) is 20.8 Å². The number of hydrogen-bond donors (Lipinski definition) is 1. The highest BCUT2D eigenvalue weighted by Crippen LogP contribution is 2.52. The van der Waals surface area contributed by atoms with Crippen LogP contribution >= 0.6 is 0 Å². The molecule has 0 saturated heterocycles. The molecule has 0 bridgehead atoms. The van der Waals surface area contributed by atoms with Gasteiger partial charge in [-0.05, 0) is 24.2 Å². The molecule has 0 radical (unpaired) electrons. The Kier molecular flexibility index (Phi) is 2.22. The maximum absolute atomic E-state index is 11.8. The number of fused-ring (bicyclic) bond motifs is 1. The zero-order valence-electron chi connectivity index (χ0n) is 9.29. The first-order chi connectivity index (χ1) is 6.42. The van der Waals surface area contributed by atoms with Gasteiger partial charge in [0.1, 0.15) is 5.78 Å². The topological polar surface area (TPSA) is 37.3 Å². The van der Waals surface area contributed by atoms with Gasteiger partial charge in [0.2, 0.25) is 0 Å². The van der Waals surface area contributed by atoms with E-state index in [4.69, 9.17) is 0 Å². The second-order valence-corrected chi connectivity index (χ2v) is 5.91. The van der Waals surface area contributed by atoms with Crippen molar-refractivity contribution >= 4 is 5.78 Å². The monoisotopic (exact) mass is 196 g/mol. The normalized spacial score (nSPS) is 46.4. The fourth-order valence-corrected chi connectivity index (χ4v) is 3.60. The van der Waals surface area contributed by atoms with E-state index < -0.39 is 0 Å². The maximum Gasteiger partial charge on any atom is 0.136 e. The Balaban J connectivity index is 2.27. The molecule has 2 saturated carbocycles. The van der Waals surface area contributed by atoms with E-state index in [2.05, 4.69) is 20.8 Å². The van der Waals surface area contributed by atoms with Crippen molar-refractivity contribution in [3.63, 3.8) is 0 Å². The van der Waals surface area contributed by atoms with Crippen LogP contribution in [-0.4, -0.2) is 17.0 Å². The minimum absolute atomic E-state index is 0.0152. The van der Waals surface area contributed by atoms with Gasteiger partial charge < -0.3 is 5.11 Å². The van der Waals surface area contributed by atoms with Crippen LogP contribution in [0.4, 0.5) is 0 Å². The molecule has 4 atom stereocenters. The van der Waals surface area contributed by atoms with E-state index in [0.717, 1.165) is 12.8 Å². The van der Waals surface area contributed by atoms with Crippen LogP contribution in [0.15, 0.2) is 0 Å². The molecule has 0 unspecified atom stereocenters. The zero-order valence-corrected chi connectivity index (χ0v) is 9.29. The van der Waals surface area contributed by atoms with Crippen LogP contribution in [0.1, 0.15) is 40.0 Å². The molecule has 2 aliphatic carbocycles. The van der Waals surface area contributed by atoms with Gasteiger partial charge in [-0.3, -0.25) is 4.79 Å². The van der Waals surface area contributed by atoms with E-state index in [0.29, 0.717) is 18.1 Å². The van der Waals surface area contributed by atoms with E-state index in [1.165, 1.54) is 0 Å². The SMILES string of the molecule is C[C@@H]1C[C@@H](O)[C@@H]2[C@@H](C1)C(=O)CC2(C)C. The second-order valence-electron chi connectivity index (χ2n) is 5.91. The second kappa shape index (κ2) is 3.06. The predicted octanol–water partition coefficient (Wildman–Crippen LogP) is 2.01. The number of hydrogen-bond acceptors (Lipinski definition) is 2. The Labute approximate surface area is 85.7 Å². The summed E-state index contributed by atoms with van der Waals surface area (Å²) in [5, 5.41) is 10.1. The van der Waals surface area contributed by atoms with E-state index in [1.54, 1.807) is 0 Å². The van der Waals surface area contributed by atoms with Crippen LogP contribution in [0.5, 0.6) is 0 Å². The maximum atomic E-state index is 11.8. The molecule has 0 aromatic carbocycles. The Morgan fingerprint density at radius 2 is 2.00 bits per heavy atom. The van der Waals surface area contributed by atoms with Gasteiger partial charge in [-0.15, -0.1) is 0 Å². The fourth-order valence-electron chi connectivity index (χ4n) is 3.60. The summed E-state index contributed by atoms with van der Waals surface area (Å²) in [5.74, 6) is 1.24. The molecule has 2 rings (SSSR count). The van der Waals surface area contributed by atoms with E-state index in [1.807, 2.05) is 0 Å². The van der Waals surface area contributed by atoms with Crippen LogP contribution in [-0.2, 0) is 4.79 Å². The molecule has 14 heavy (non-hydrogen) atoms. The van der Waals surface area contributed by atoms with Crippen LogP contribution in [0.3, 0.4) is 0 Å². The van der Waals surface area contributed by atoms with E-state index in [9.17, 15) is 9.90 Å². The summed E-state index contributed by atoms with van der Waals surface area (Å²) in [5.41, 5.74) is 0.0152. The predicted molar refractivity (Wildman–Crippen MR) is 54.8 cm³/mol.